The van der Waals surface area contributed by atoms with Gasteiger partial charge in [-0.3, -0.25) is 9.69 Å². The van der Waals surface area contributed by atoms with E-state index < -0.39 is 0 Å². The number of hydrogen-bond donors (Lipinski definition) is 1. The Kier molecular flexibility index (Phi) is 10.4. The third-order valence-corrected chi connectivity index (χ3v) is 3.79. The summed E-state index contributed by atoms with van der Waals surface area (Å²) < 4.78 is 5.11. The molecule has 0 bridgehead atoms. The van der Waals surface area contributed by atoms with Crippen molar-refractivity contribution in [3.8, 4) is 0 Å². The molecular formula is C14H27Cl2N5O2. The molecule has 2 heterocycles. The Morgan fingerprint density at radius 2 is 1.96 bits per heavy atom. The van der Waals surface area contributed by atoms with Gasteiger partial charge in [0.25, 0.3) is 0 Å². The Labute approximate surface area is 150 Å². The summed E-state index contributed by atoms with van der Waals surface area (Å²) >= 11 is 0. The number of amides is 1. The first-order valence-corrected chi connectivity index (χ1v) is 7.61. The lowest BCUT2D eigenvalue weighted by atomic mass is 10.1. The third-order valence-electron chi connectivity index (χ3n) is 3.79. The molecule has 1 atom stereocenters. The first-order chi connectivity index (χ1) is 10.1. The average molecular weight is 368 g/mol. The molecule has 1 unspecified atom stereocenters. The van der Waals surface area contributed by atoms with Crippen LogP contribution in [0.3, 0.4) is 0 Å². The number of aryl methyl sites for hydroxylation is 1. The van der Waals surface area contributed by atoms with E-state index in [4.69, 9.17) is 4.52 Å². The van der Waals surface area contributed by atoms with Crippen LogP contribution in [0.1, 0.15) is 25.6 Å². The van der Waals surface area contributed by atoms with E-state index in [9.17, 15) is 4.79 Å². The molecule has 23 heavy (non-hydrogen) atoms. The minimum atomic E-state index is 0. The molecule has 1 aliphatic heterocycles. The molecule has 0 spiro atoms. The lowest BCUT2D eigenvalue weighted by Gasteiger charge is -2.35. The van der Waals surface area contributed by atoms with Gasteiger partial charge in [-0.05, 0) is 7.05 Å². The molecule has 0 saturated carbocycles. The van der Waals surface area contributed by atoms with Crippen molar-refractivity contribution in [2.75, 3.05) is 39.8 Å². The number of carbonyl (C=O) groups excluding carboxylic acids is 1. The molecule has 0 aromatic carbocycles. The van der Waals surface area contributed by atoms with E-state index in [1.54, 1.807) is 0 Å². The largest absolute Gasteiger partial charge is 0.340 e. The van der Waals surface area contributed by atoms with Gasteiger partial charge in [-0.25, -0.2) is 0 Å². The Balaban J connectivity index is 0.00000242. The van der Waals surface area contributed by atoms with Gasteiger partial charge in [0.15, 0.2) is 5.82 Å². The first-order valence-electron chi connectivity index (χ1n) is 7.61. The summed E-state index contributed by atoms with van der Waals surface area (Å²) in [6.45, 7) is 8.63. The summed E-state index contributed by atoms with van der Waals surface area (Å²) in [4.78, 5) is 20.8. The molecule has 1 amide bonds. The van der Waals surface area contributed by atoms with Crippen LogP contribution >= 0.6 is 24.8 Å². The van der Waals surface area contributed by atoms with Crippen molar-refractivity contribution < 1.29 is 9.32 Å². The summed E-state index contributed by atoms with van der Waals surface area (Å²) in [6, 6.07) is 0. The van der Waals surface area contributed by atoms with Crippen LogP contribution in [-0.2, 0) is 17.8 Å². The number of nitrogens with one attached hydrogen (secondary N) is 1. The van der Waals surface area contributed by atoms with Crippen LogP contribution in [0.4, 0.5) is 0 Å². The SMILES string of the molecule is CCc1nc(CN2CCN(C(=O)C(C)CNC)CC2)no1.Cl.Cl. The van der Waals surface area contributed by atoms with Crippen molar-refractivity contribution >= 4 is 30.7 Å². The topological polar surface area (TPSA) is 74.5 Å². The molecule has 134 valence electrons. The van der Waals surface area contributed by atoms with Crippen molar-refractivity contribution in [3.63, 3.8) is 0 Å². The van der Waals surface area contributed by atoms with E-state index in [0.29, 0.717) is 12.4 Å². The second kappa shape index (κ2) is 10.8. The maximum atomic E-state index is 12.2. The van der Waals surface area contributed by atoms with Gasteiger partial charge in [0.05, 0.1) is 6.54 Å². The highest BCUT2D eigenvalue weighted by molar-refractivity contribution is 5.85. The van der Waals surface area contributed by atoms with Crippen LogP contribution in [0, 0.1) is 5.92 Å². The quantitative estimate of drug-likeness (QED) is 0.807. The monoisotopic (exact) mass is 367 g/mol. The molecule has 0 aliphatic carbocycles. The maximum Gasteiger partial charge on any atom is 0.226 e. The van der Waals surface area contributed by atoms with Crippen LogP contribution in [0.5, 0.6) is 0 Å². The molecule has 1 aromatic rings. The fourth-order valence-electron chi connectivity index (χ4n) is 2.53. The zero-order chi connectivity index (χ0) is 15.2. The number of nitrogens with zero attached hydrogens (tertiary/aromatic N) is 4. The molecule has 1 aliphatic rings. The second-order valence-corrected chi connectivity index (χ2v) is 5.52. The summed E-state index contributed by atoms with van der Waals surface area (Å²) in [6.07, 6.45) is 0.763. The van der Waals surface area contributed by atoms with Gasteiger partial charge in [-0.1, -0.05) is 19.0 Å². The minimum Gasteiger partial charge on any atom is -0.340 e. The van der Waals surface area contributed by atoms with Gasteiger partial charge in [0.1, 0.15) is 0 Å². The fraction of sp³-hybridized carbons (Fsp3) is 0.786. The van der Waals surface area contributed by atoms with E-state index >= 15 is 0 Å². The second-order valence-electron chi connectivity index (χ2n) is 5.52. The van der Waals surface area contributed by atoms with E-state index in [-0.39, 0.29) is 36.6 Å². The van der Waals surface area contributed by atoms with Crippen LogP contribution < -0.4 is 5.32 Å². The Bertz CT molecular complexity index is 464. The van der Waals surface area contributed by atoms with Gasteiger partial charge in [0.2, 0.25) is 11.8 Å². The highest BCUT2D eigenvalue weighted by Crippen LogP contribution is 2.10. The van der Waals surface area contributed by atoms with E-state index in [1.165, 1.54) is 0 Å². The van der Waals surface area contributed by atoms with Crippen molar-refractivity contribution in [1.29, 1.82) is 0 Å². The first kappa shape index (κ1) is 22.1. The number of aromatic nitrogens is 2. The smallest absolute Gasteiger partial charge is 0.226 e. The van der Waals surface area contributed by atoms with E-state index in [0.717, 1.165) is 45.0 Å². The zero-order valence-corrected chi connectivity index (χ0v) is 15.6. The molecule has 1 aromatic heterocycles. The third kappa shape index (κ3) is 6.25. The standard InChI is InChI=1S/C14H25N5O2.2ClH/c1-4-13-16-12(17-21-13)10-18-5-7-19(8-6-18)14(20)11(2)9-15-3;;/h11,15H,4-10H2,1-3H3;2*1H. The predicted octanol–water partition coefficient (Wildman–Crippen LogP) is 0.975. The average Bonchev–Trinajstić information content (AvgIpc) is 2.95. The summed E-state index contributed by atoms with van der Waals surface area (Å²) in [7, 11) is 1.87. The number of hydrogen-bond acceptors (Lipinski definition) is 6. The summed E-state index contributed by atoms with van der Waals surface area (Å²) in [5.41, 5.74) is 0. The van der Waals surface area contributed by atoms with Gasteiger partial charge in [-0.2, -0.15) is 4.98 Å². The highest BCUT2D eigenvalue weighted by atomic mass is 35.5. The molecule has 1 N–H and O–H groups in total. The number of rotatable bonds is 6. The molecule has 9 heteroatoms. The molecular weight excluding hydrogens is 341 g/mol. The molecule has 1 saturated heterocycles. The molecule has 1 fully saturated rings. The van der Waals surface area contributed by atoms with Crippen molar-refractivity contribution in [1.82, 2.24) is 25.3 Å². The van der Waals surface area contributed by atoms with Crippen LogP contribution in [0.15, 0.2) is 4.52 Å². The Hall–Kier alpha value is -0.890. The molecule has 0 radical (unpaired) electrons. The minimum absolute atomic E-state index is 0. The summed E-state index contributed by atoms with van der Waals surface area (Å²) in [5, 5.41) is 7.02. The maximum absolute atomic E-state index is 12.2. The Morgan fingerprint density at radius 3 is 2.48 bits per heavy atom. The van der Waals surface area contributed by atoms with Gasteiger partial charge in [-0.15, -0.1) is 24.8 Å². The molecule has 2 rings (SSSR count). The van der Waals surface area contributed by atoms with E-state index in [1.807, 2.05) is 25.8 Å². The van der Waals surface area contributed by atoms with Gasteiger partial charge < -0.3 is 14.7 Å². The van der Waals surface area contributed by atoms with Crippen LogP contribution in [-0.4, -0.2) is 65.6 Å². The number of halogens is 2. The number of carbonyl (C=O) groups is 1. The number of piperazine rings is 1. The van der Waals surface area contributed by atoms with Crippen LogP contribution in [0.25, 0.3) is 0 Å². The van der Waals surface area contributed by atoms with Crippen molar-refractivity contribution in [2.24, 2.45) is 5.92 Å². The van der Waals surface area contributed by atoms with Crippen molar-refractivity contribution in [2.45, 2.75) is 26.8 Å². The summed E-state index contributed by atoms with van der Waals surface area (Å²) in [5.74, 6) is 1.68. The fourth-order valence-corrected chi connectivity index (χ4v) is 2.53. The highest BCUT2D eigenvalue weighted by Gasteiger charge is 2.25. The van der Waals surface area contributed by atoms with Gasteiger partial charge in [0, 0.05) is 45.1 Å². The lowest BCUT2D eigenvalue weighted by Crippen LogP contribution is -2.50. The van der Waals surface area contributed by atoms with E-state index in [2.05, 4.69) is 20.4 Å². The molecule has 7 nitrogen and oxygen atoms in total. The lowest BCUT2D eigenvalue weighted by molar-refractivity contribution is -0.136. The van der Waals surface area contributed by atoms with Crippen LogP contribution in [0.2, 0.25) is 0 Å². The zero-order valence-electron chi connectivity index (χ0n) is 13.9. The van der Waals surface area contributed by atoms with Crippen molar-refractivity contribution in [3.05, 3.63) is 11.7 Å². The predicted molar refractivity (Wildman–Crippen MR) is 93.1 cm³/mol. The normalized spacial score (nSPS) is 16.4. The van der Waals surface area contributed by atoms with Gasteiger partial charge >= 0.3 is 0 Å². The Morgan fingerprint density at radius 1 is 1.30 bits per heavy atom.